The average molecular weight is 415 g/mol. The Hall–Kier alpha value is -0.480. The number of halogens is 2. The number of likely N-dealkylation sites (tertiary alicyclic amines) is 1. The van der Waals surface area contributed by atoms with Gasteiger partial charge in [-0.05, 0) is 100 Å². The molecular weight excluding hydrogens is 379 g/mol. The van der Waals surface area contributed by atoms with Crippen LogP contribution >= 0.6 is 24.8 Å². The van der Waals surface area contributed by atoms with Crippen LogP contribution < -0.4 is 10.1 Å². The van der Waals surface area contributed by atoms with Gasteiger partial charge in [-0.25, -0.2) is 0 Å². The van der Waals surface area contributed by atoms with Gasteiger partial charge in [-0.15, -0.1) is 24.8 Å². The molecule has 2 saturated heterocycles. The highest BCUT2D eigenvalue weighted by Crippen LogP contribution is 2.44. The maximum Gasteiger partial charge on any atom is 0.118 e. The summed E-state index contributed by atoms with van der Waals surface area (Å²) in [6.07, 6.45) is 11.3. The molecule has 2 heterocycles. The minimum Gasteiger partial charge on any atom is -0.497 e. The number of hydrogen-bond donors (Lipinski definition) is 1. The number of hydrogen-bond acceptors (Lipinski definition) is 3. The molecule has 1 unspecified atom stereocenters. The molecule has 3 nitrogen and oxygen atoms in total. The molecule has 1 aromatic rings. The van der Waals surface area contributed by atoms with Crippen molar-refractivity contribution >= 4 is 24.8 Å². The lowest BCUT2D eigenvalue weighted by Crippen LogP contribution is -2.44. The lowest BCUT2D eigenvalue weighted by molar-refractivity contribution is 0.0744. The number of piperidine rings is 1. The number of methoxy groups -OCH3 is 1. The van der Waals surface area contributed by atoms with Crippen LogP contribution in [0, 0.1) is 11.3 Å². The lowest BCUT2D eigenvalue weighted by Gasteiger charge is -2.45. The summed E-state index contributed by atoms with van der Waals surface area (Å²) >= 11 is 0. The highest BCUT2D eigenvalue weighted by molar-refractivity contribution is 5.85. The van der Waals surface area contributed by atoms with Crippen molar-refractivity contribution in [2.24, 2.45) is 11.3 Å². The van der Waals surface area contributed by atoms with E-state index < -0.39 is 0 Å². The molecule has 0 bridgehead atoms. The summed E-state index contributed by atoms with van der Waals surface area (Å²) in [5.74, 6) is 1.80. The minimum absolute atomic E-state index is 0. The smallest absolute Gasteiger partial charge is 0.118 e. The molecule has 1 spiro atoms. The summed E-state index contributed by atoms with van der Waals surface area (Å²) in [7, 11) is 1.74. The van der Waals surface area contributed by atoms with Crippen LogP contribution in [0.15, 0.2) is 24.3 Å². The highest BCUT2D eigenvalue weighted by Gasteiger charge is 2.39. The van der Waals surface area contributed by atoms with Crippen molar-refractivity contribution in [2.45, 2.75) is 57.4 Å². The largest absolute Gasteiger partial charge is 0.497 e. The van der Waals surface area contributed by atoms with Crippen LogP contribution in [0.1, 0.15) is 50.5 Å². The Morgan fingerprint density at radius 2 is 1.67 bits per heavy atom. The van der Waals surface area contributed by atoms with Gasteiger partial charge in [0.15, 0.2) is 0 Å². The van der Waals surface area contributed by atoms with Crippen LogP contribution in [-0.2, 0) is 6.42 Å². The van der Waals surface area contributed by atoms with Gasteiger partial charge in [0, 0.05) is 12.6 Å². The molecule has 4 rings (SSSR count). The Bertz CT molecular complexity index is 550. The molecule has 0 radical (unpaired) electrons. The molecule has 1 aliphatic carbocycles. The first kappa shape index (κ1) is 22.8. The normalized spacial score (nSPS) is 25.6. The lowest BCUT2D eigenvalue weighted by atomic mass is 9.67. The molecule has 154 valence electrons. The fourth-order valence-corrected chi connectivity index (χ4v) is 5.49. The number of nitrogens with one attached hydrogen (secondary N) is 1. The van der Waals surface area contributed by atoms with Gasteiger partial charge >= 0.3 is 0 Å². The minimum atomic E-state index is 0. The Morgan fingerprint density at radius 3 is 2.30 bits per heavy atom. The van der Waals surface area contributed by atoms with Crippen LogP contribution in [-0.4, -0.2) is 44.2 Å². The second-order valence-electron chi connectivity index (χ2n) is 8.68. The van der Waals surface area contributed by atoms with E-state index in [-0.39, 0.29) is 24.8 Å². The fraction of sp³-hybridized carbons (Fsp3) is 0.727. The van der Waals surface area contributed by atoms with Crippen molar-refractivity contribution in [3.05, 3.63) is 29.8 Å². The third kappa shape index (κ3) is 5.53. The Kier molecular flexibility index (Phi) is 8.73. The number of nitrogens with zero attached hydrogens (tertiary/aromatic N) is 1. The van der Waals surface area contributed by atoms with E-state index in [0.717, 1.165) is 17.7 Å². The van der Waals surface area contributed by atoms with Gasteiger partial charge in [0.1, 0.15) is 5.75 Å². The average Bonchev–Trinajstić information content (AvgIpc) is 3.12. The van der Waals surface area contributed by atoms with Crippen LogP contribution in [0.2, 0.25) is 0 Å². The predicted molar refractivity (Wildman–Crippen MR) is 118 cm³/mol. The van der Waals surface area contributed by atoms with Crippen molar-refractivity contribution in [1.29, 1.82) is 0 Å². The number of rotatable bonds is 4. The van der Waals surface area contributed by atoms with Crippen molar-refractivity contribution in [2.75, 3.05) is 33.3 Å². The van der Waals surface area contributed by atoms with E-state index in [1.165, 1.54) is 83.1 Å². The summed E-state index contributed by atoms with van der Waals surface area (Å²) in [6, 6.07) is 9.54. The summed E-state index contributed by atoms with van der Waals surface area (Å²) < 4.78 is 5.27. The summed E-state index contributed by atoms with van der Waals surface area (Å²) in [6.45, 7) is 5.13. The molecule has 1 atom stereocenters. The first-order valence-corrected chi connectivity index (χ1v) is 10.3. The number of ether oxygens (including phenoxy) is 1. The molecule has 1 saturated carbocycles. The molecule has 27 heavy (non-hydrogen) atoms. The Balaban J connectivity index is 0.00000131. The van der Waals surface area contributed by atoms with Crippen molar-refractivity contribution in [1.82, 2.24) is 10.2 Å². The first-order valence-electron chi connectivity index (χ1n) is 10.3. The summed E-state index contributed by atoms with van der Waals surface area (Å²) in [4.78, 5) is 2.82. The summed E-state index contributed by atoms with van der Waals surface area (Å²) in [5, 5.41) is 3.54. The van der Waals surface area contributed by atoms with Crippen LogP contribution in [0.5, 0.6) is 5.75 Å². The fourth-order valence-electron chi connectivity index (χ4n) is 5.49. The van der Waals surface area contributed by atoms with Gasteiger partial charge in [0.25, 0.3) is 0 Å². The topological polar surface area (TPSA) is 24.5 Å². The molecule has 3 fully saturated rings. The Morgan fingerprint density at radius 1 is 1.00 bits per heavy atom. The van der Waals surface area contributed by atoms with Crippen molar-refractivity contribution in [3.63, 3.8) is 0 Å². The first-order chi connectivity index (χ1) is 12.3. The van der Waals surface area contributed by atoms with Gasteiger partial charge in [0.05, 0.1) is 7.11 Å². The van der Waals surface area contributed by atoms with E-state index in [0.29, 0.717) is 5.41 Å². The van der Waals surface area contributed by atoms with E-state index in [4.69, 9.17) is 4.74 Å². The summed E-state index contributed by atoms with van der Waals surface area (Å²) in [5.41, 5.74) is 2.16. The standard InChI is InChI=1S/C22H34N2O.2ClH/c1-25-21-4-2-18(3-5-21)16-19-8-15-24(17-19)20-6-9-22(10-7-20)11-13-23-14-12-22;;/h2-5,19-20,23H,6-17H2,1H3;2*1H. The van der Waals surface area contributed by atoms with E-state index in [2.05, 4.69) is 34.5 Å². The second-order valence-corrected chi connectivity index (χ2v) is 8.68. The zero-order valence-corrected chi connectivity index (χ0v) is 18.3. The van der Waals surface area contributed by atoms with Gasteiger partial charge < -0.3 is 15.0 Å². The predicted octanol–water partition coefficient (Wildman–Crippen LogP) is 4.72. The van der Waals surface area contributed by atoms with E-state index in [9.17, 15) is 0 Å². The Labute approximate surface area is 177 Å². The van der Waals surface area contributed by atoms with Crippen molar-refractivity contribution < 1.29 is 4.74 Å². The molecule has 0 amide bonds. The molecule has 5 heteroatoms. The molecule has 1 N–H and O–H groups in total. The van der Waals surface area contributed by atoms with Gasteiger partial charge in [0.2, 0.25) is 0 Å². The van der Waals surface area contributed by atoms with Crippen LogP contribution in [0.4, 0.5) is 0 Å². The van der Waals surface area contributed by atoms with Gasteiger partial charge in [-0.2, -0.15) is 0 Å². The molecule has 1 aromatic carbocycles. The van der Waals surface area contributed by atoms with Crippen molar-refractivity contribution in [3.8, 4) is 5.75 Å². The molecular formula is C22H36Cl2N2O. The maximum atomic E-state index is 5.27. The SMILES string of the molecule is COc1ccc(CC2CCN(C3CCC4(CCNCC4)CC3)C2)cc1.Cl.Cl. The third-order valence-corrected chi connectivity index (χ3v) is 7.20. The highest BCUT2D eigenvalue weighted by atomic mass is 35.5. The quantitative estimate of drug-likeness (QED) is 0.771. The van der Waals surface area contributed by atoms with E-state index >= 15 is 0 Å². The zero-order valence-electron chi connectivity index (χ0n) is 16.6. The number of benzene rings is 1. The zero-order chi connectivity index (χ0) is 17.1. The van der Waals surface area contributed by atoms with E-state index in [1.807, 2.05) is 0 Å². The van der Waals surface area contributed by atoms with Gasteiger partial charge in [-0.1, -0.05) is 12.1 Å². The molecule has 0 aromatic heterocycles. The van der Waals surface area contributed by atoms with Gasteiger partial charge in [-0.3, -0.25) is 0 Å². The second kappa shape index (κ2) is 10.3. The molecule has 3 aliphatic rings. The maximum absolute atomic E-state index is 5.27. The van der Waals surface area contributed by atoms with Crippen LogP contribution in [0.25, 0.3) is 0 Å². The molecule has 2 aliphatic heterocycles. The third-order valence-electron chi connectivity index (χ3n) is 7.20. The van der Waals surface area contributed by atoms with E-state index in [1.54, 1.807) is 7.11 Å². The van der Waals surface area contributed by atoms with Crippen LogP contribution in [0.3, 0.4) is 0 Å². The monoisotopic (exact) mass is 414 g/mol.